The fraction of sp³-hybridized carbons (Fsp3) is 0.375. The van der Waals surface area contributed by atoms with Crippen molar-refractivity contribution in [1.29, 1.82) is 0 Å². The summed E-state index contributed by atoms with van der Waals surface area (Å²) >= 11 is 0. The van der Waals surface area contributed by atoms with E-state index in [9.17, 15) is 0 Å². The SMILES string of the molecule is Cc1nc(-c2ccc(C(C)C)cc2)ncc1[C@@H](C)N. The number of hydrogen-bond donors (Lipinski definition) is 1. The molecule has 19 heavy (non-hydrogen) atoms. The van der Waals surface area contributed by atoms with E-state index in [1.54, 1.807) is 0 Å². The molecule has 100 valence electrons. The molecule has 1 atom stereocenters. The maximum Gasteiger partial charge on any atom is 0.159 e. The van der Waals surface area contributed by atoms with Crippen LogP contribution >= 0.6 is 0 Å². The summed E-state index contributed by atoms with van der Waals surface area (Å²) in [4.78, 5) is 8.96. The molecule has 0 spiro atoms. The largest absolute Gasteiger partial charge is 0.324 e. The molecule has 0 fully saturated rings. The summed E-state index contributed by atoms with van der Waals surface area (Å²) in [5.41, 5.74) is 10.2. The van der Waals surface area contributed by atoms with E-state index in [-0.39, 0.29) is 6.04 Å². The van der Waals surface area contributed by atoms with Crippen LogP contribution in [0.2, 0.25) is 0 Å². The maximum absolute atomic E-state index is 5.88. The Bertz CT molecular complexity index is 557. The first kappa shape index (κ1) is 13.7. The van der Waals surface area contributed by atoms with Gasteiger partial charge in [-0.2, -0.15) is 0 Å². The van der Waals surface area contributed by atoms with Gasteiger partial charge in [-0.3, -0.25) is 0 Å². The van der Waals surface area contributed by atoms with Gasteiger partial charge in [-0.1, -0.05) is 38.1 Å². The van der Waals surface area contributed by atoms with Crippen LogP contribution in [-0.2, 0) is 0 Å². The quantitative estimate of drug-likeness (QED) is 0.911. The van der Waals surface area contributed by atoms with E-state index in [2.05, 4.69) is 48.1 Å². The van der Waals surface area contributed by atoms with Crippen LogP contribution in [0.15, 0.2) is 30.5 Å². The smallest absolute Gasteiger partial charge is 0.159 e. The first-order valence-electron chi connectivity index (χ1n) is 6.68. The molecule has 1 heterocycles. The summed E-state index contributed by atoms with van der Waals surface area (Å²) < 4.78 is 0. The molecule has 0 bridgehead atoms. The summed E-state index contributed by atoms with van der Waals surface area (Å²) in [6, 6.07) is 8.40. The van der Waals surface area contributed by atoms with Gasteiger partial charge in [0, 0.05) is 29.1 Å². The van der Waals surface area contributed by atoms with Gasteiger partial charge in [0.1, 0.15) is 0 Å². The molecule has 0 aliphatic rings. The standard InChI is InChI=1S/C16H21N3/c1-10(2)13-5-7-14(8-6-13)16-18-9-15(11(3)17)12(4)19-16/h5-11H,17H2,1-4H3/t11-/m1/s1. The maximum atomic E-state index is 5.88. The van der Waals surface area contributed by atoms with Gasteiger partial charge in [0.15, 0.2) is 5.82 Å². The molecule has 3 heteroatoms. The molecule has 0 aliphatic heterocycles. The molecular weight excluding hydrogens is 234 g/mol. The number of aryl methyl sites for hydroxylation is 1. The Morgan fingerprint density at radius 2 is 1.68 bits per heavy atom. The minimum absolute atomic E-state index is 0.0302. The Hall–Kier alpha value is -1.74. The van der Waals surface area contributed by atoms with Gasteiger partial charge in [0.05, 0.1) is 0 Å². The Kier molecular flexibility index (Phi) is 3.96. The molecule has 0 radical (unpaired) electrons. The van der Waals surface area contributed by atoms with Crippen molar-refractivity contribution in [2.45, 2.75) is 39.7 Å². The summed E-state index contributed by atoms with van der Waals surface area (Å²) in [7, 11) is 0. The zero-order valence-corrected chi connectivity index (χ0v) is 12.0. The van der Waals surface area contributed by atoms with E-state index >= 15 is 0 Å². The van der Waals surface area contributed by atoms with Crippen molar-refractivity contribution in [3.8, 4) is 11.4 Å². The number of aromatic nitrogens is 2. The van der Waals surface area contributed by atoms with Crippen LogP contribution in [0.4, 0.5) is 0 Å². The van der Waals surface area contributed by atoms with Crippen LogP contribution < -0.4 is 5.73 Å². The number of benzene rings is 1. The third-order valence-electron chi connectivity index (χ3n) is 3.34. The second-order valence-electron chi connectivity index (χ2n) is 5.30. The van der Waals surface area contributed by atoms with Crippen molar-refractivity contribution in [3.63, 3.8) is 0 Å². The van der Waals surface area contributed by atoms with Crippen molar-refractivity contribution < 1.29 is 0 Å². The molecule has 0 saturated heterocycles. The molecule has 2 rings (SSSR count). The fourth-order valence-corrected chi connectivity index (χ4v) is 2.08. The van der Waals surface area contributed by atoms with Gasteiger partial charge in [0.25, 0.3) is 0 Å². The minimum atomic E-state index is -0.0302. The number of nitrogens with two attached hydrogens (primary N) is 1. The summed E-state index contributed by atoms with van der Waals surface area (Å²) in [6.07, 6.45) is 1.83. The highest BCUT2D eigenvalue weighted by Gasteiger charge is 2.09. The molecule has 3 nitrogen and oxygen atoms in total. The third kappa shape index (κ3) is 2.99. The Labute approximate surface area is 114 Å². The minimum Gasteiger partial charge on any atom is -0.324 e. The predicted molar refractivity (Wildman–Crippen MR) is 78.9 cm³/mol. The third-order valence-corrected chi connectivity index (χ3v) is 3.34. The first-order valence-corrected chi connectivity index (χ1v) is 6.68. The average Bonchev–Trinajstić information content (AvgIpc) is 2.38. The first-order chi connectivity index (χ1) is 8.99. The lowest BCUT2D eigenvalue weighted by Crippen LogP contribution is -2.09. The zero-order chi connectivity index (χ0) is 14.0. The second kappa shape index (κ2) is 5.49. The molecular formula is C16H21N3. The van der Waals surface area contributed by atoms with E-state index in [0.29, 0.717) is 5.92 Å². The molecule has 0 saturated carbocycles. The molecule has 0 aliphatic carbocycles. The lowest BCUT2D eigenvalue weighted by Gasteiger charge is -2.10. The predicted octanol–water partition coefficient (Wildman–Crippen LogP) is 3.60. The Balaban J connectivity index is 2.34. The Morgan fingerprint density at radius 1 is 1.05 bits per heavy atom. The molecule has 1 aromatic heterocycles. The number of hydrogen-bond acceptors (Lipinski definition) is 3. The molecule has 0 unspecified atom stereocenters. The highest BCUT2D eigenvalue weighted by Crippen LogP contribution is 2.21. The monoisotopic (exact) mass is 255 g/mol. The van der Waals surface area contributed by atoms with Gasteiger partial charge in [-0.15, -0.1) is 0 Å². The van der Waals surface area contributed by atoms with Crippen molar-refractivity contribution >= 4 is 0 Å². The number of rotatable bonds is 3. The summed E-state index contributed by atoms with van der Waals surface area (Å²) in [6.45, 7) is 8.30. The summed E-state index contributed by atoms with van der Waals surface area (Å²) in [5, 5.41) is 0. The van der Waals surface area contributed by atoms with E-state index in [4.69, 9.17) is 5.73 Å². The van der Waals surface area contributed by atoms with E-state index in [1.807, 2.05) is 20.0 Å². The second-order valence-corrected chi connectivity index (χ2v) is 5.30. The highest BCUT2D eigenvalue weighted by atomic mass is 14.9. The van der Waals surface area contributed by atoms with Crippen LogP contribution in [0.1, 0.15) is 49.6 Å². The van der Waals surface area contributed by atoms with Crippen molar-refractivity contribution in [2.75, 3.05) is 0 Å². The summed E-state index contributed by atoms with van der Waals surface area (Å²) in [5.74, 6) is 1.30. The lowest BCUT2D eigenvalue weighted by molar-refractivity contribution is 0.790. The topological polar surface area (TPSA) is 51.8 Å². The normalized spacial score (nSPS) is 12.7. The van der Waals surface area contributed by atoms with Crippen LogP contribution in [0, 0.1) is 6.92 Å². The number of nitrogens with zero attached hydrogens (tertiary/aromatic N) is 2. The highest BCUT2D eigenvalue weighted by molar-refractivity contribution is 5.55. The Morgan fingerprint density at radius 3 is 2.16 bits per heavy atom. The molecule has 2 N–H and O–H groups in total. The molecule has 0 amide bonds. The molecule has 1 aromatic carbocycles. The molecule has 2 aromatic rings. The van der Waals surface area contributed by atoms with Crippen LogP contribution in [-0.4, -0.2) is 9.97 Å². The van der Waals surface area contributed by atoms with Gasteiger partial charge >= 0.3 is 0 Å². The van der Waals surface area contributed by atoms with Crippen molar-refractivity contribution in [1.82, 2.24) is 9.97 Å². The van der Waals surface area contributed by atoms with Crippen LogP contribution in [0.5, 0.6) is 0 Å². The van der Waals surface area contributed by atoms with E-state index < -0.39 is 0 Å². The van der Waals surface area contributed by atoms with Gasteiger partial charge < -0.3 is 5.73 Å². The van der Waals surface area contributed by atoms with E-state index in [1.165, 1.54) is 5.56 Å². The fourth-order valence-electron chi connectivity index (χ4n) is 2.08. The van der Waals surface area contributed by atoms with Crippen LogP contribution in [0.3, 0.4) is 0 Å². The van der Waals surface area contributed by atoms with Gasteiger partial charge in [-0.05, 0) is 25.3 Å². The van der Waals surface area contributed by atoms with Gasteiger partial charge in [-0.25, -0.2) is 9.97 Å². The van der Waals surface area contributed by atoms with Crippen molar-refractivity contribution in [2.24, 2.45) is 5.73 Å². The lowest BCUT2D eigenvalue weighted by atomic mass is 10.0. The van der Waals surface area contributed by atoms with Gasteiger partial charge in [0.2, 0.25) is 0 Å². The van der Waals surface area contributed by atoms with Crippen LogP contribution in [0.25, 0.3) is 11.4 Å². The average molecular weight is 255 g/mol. The zero-order valence-electron chi connectivity index (χ0n) is 12.0. The van der Waals surface area contributed by atoms with Crippen molar-refractivity contribution in [3.05, 3.63) is 47.3 Å². The van der Waals surface area contributed by atoms with E-state index in [0.717, 1.165) is 22.6 Å².